The van der Waals surface area contributed by atoms with Crippen LogP contribution in [0.5, 0.6) is 0 Å². The summed E-state index contributed by atoms with van der Waals surface area (Å²) in [6, 6.07) is 1.73. The van der Waals surface area contributed by atoms with Crippen LogP contribution in [-0.2, 0) is 6.61 Å². The summed E-state index contributed by atoms with van der Waals surface area (Å²) in [5.74, 6) is 0. The van der Waals surface area contributed by atoms with Crippen molar-refractivity contribution in [3.63, 3.8) is 0 Å². The van der Waals surface area contributed by atoms with Gasteiger partial charge in [0.25, 0.3) is 0 Å². The van der Waals surface area contributed by atoms with Crippen LogP contribution in [0.25, 0.3) is 0 Å². The van der Waals surface area contributed by atoms with E-state index in [1.807, 2.05) is 6.92 Å². The van der Waals surface area contributed by atoms with Gasteiger partial charge in [0.1, 0.15) is 5.15 Å². The highest BCUT2D eigenvalue weighted by molar-refractivity contribution is 6.29. The molecule has 1 rings (SSSR count). The lowest BCUT2D eigenvalue weighted by Crippen LogP contribution is -1.89. The second-order valence-corrected chi connectivity index (χ2v) is 2.48. The molecule has 2 nitrogen and oxygen atoms in total. The number of halogens is 1. The highest BCUT2D eigenvalue weighted by Gasteiger charge is 1.96. The summed E-state index contributed by atoms with van der Waals surface area (Å²) in [6.45, 7) is 1.91. The molecular weight excluding hydrogens is 150 g/mol. The lowest BCUT2D eigenvalue weighted by Gasteiger charge is -1.99. The van der Waals surface area contributed by atoms with Crippen molar-refractivity contribution < 1.29 is 5.11 Å². The first-order valence-electron chi connectivity index (χ1n) is 2.96. The second kappa shape index (κ2) is 2.99. The fourth-order valence-electron chi connectivity index (χ4n) is 0.716. The molecule has 0 atom stereocenters. The third-order valence-corrected chi connectivity index (χ3v) is 1.56. The van der Waals surface area contributed by atoms with Crippen LogP contribution in [0, 0.1) is 6.92 Å². The Labute approximate surface area is 64.5 Å². The van der Waals surface area contributed by atoms with E-state index in [1.54, 1.807) is 12.3 Å². The lowest BCUT2D eigenvalue weighted by molar-refractivity contribution is 0.280. The Hall–Kier alpha value is -0.600. The molecule has 3 heteroatoms. The molecule has 0 fully saturated rings. The maximum absolute atomic E-state index is 8.73. The highest BCUT2D eigenvalue weighted by Crippen LogP contribution is 2.11. The van der Waals surface area contributed by atoms with E-state index >= 15 is 0 Å². The molecule has 0 aliphatic rings. The molecule has 0 unspecified atom stereocenters. The summed E-state index contributed by atoms with van der Waals surface area (Å²) < 4.78 is 0. The van der Waals surface area contributed by atoms with Gasteiger partial charge in [-0.1, -0.05) is 11.6 Å². The van der Waals surface area contributed by atoms with E-state index < -0.39 is 0 Å². The van der Waals surface area contributed by atoms with Crippen molar-refractivity contribution in [3.8, 4) is 0 Å². The van der Waals surface area contributed by atoms with Crippen molar-refractivity contribution >= 4 is 11.6 Å². The van der Waals surface area contributed by atoms with Gasteiger partial charge in [-0.3, -0.25) is 0 Å². The SMILES string of the molecule is Cc1cc(Cl)ncc1CO. The van der Waals surface area contributed by atoms with Crippen LogP contribution in [0.1, 0.15) is 11.1 Å². The number of aliphatic hydroxyl groups is 1. The first-order chi connectivity index (χ1) is 4.74. The van der Waals surface area contributed by atoms with Gasteiger partial charge in [-0.2, -0.15) is 0 Å². The molecule has 0 bridgehead atoms. The van der Waals surface area contributed by atoms with E-state index in [0.29, 0.717) is 5.15 Å². The Morgan fingerprint density at radius 3 is 2.90 bits per heavy atom. The minimum Gasteiger partial charge on any atom is -0.392 e. The zero-order chi connectivity index (χ0) is 7.56. The number of aliphatic hydroxyl groups excluding tert-OH is 1. The standard InChI is InChI=1S/C7H8ClNO/c1-5-2-7(8)9-3-6(5)4-10/h2-3,10H,4H2,1H3. The summed E-state index contributed by atoms with van der Waals surface area (Å²) in [6.07, 6.45) is 1.58. The van der Waals surface area contributed by atoms with E-state index in [0.717, 1.165) is 11.1 Å². The first kappa shape index (κ1) is 7.51. The van der Waals surface area contributed by atoms with E-state index in [1.165, 1.54) is 0 Å². The smallest absolute Gasteiger partial charge is 0.129 e. The Morgan fingerprint density at radius 1 is 1.70 bits per heavy atom. The zero-order valence-corrected chi connectivity index (χ0v) is 6.39. The topological polar surface area (TPSA) is 33.1 Å². The molecule has 1 aromatic heterocycles. The molecule has 0 saturated heterocycles. The number of nitrogens with zero attached hydrogens (tertiary/aromatic N) is 1. The van der Waals surface area contributed by atoms with Gasteiger partial charge >= 0.3 is 0 Å². The molecule has 0 radical (unpaired) electrons. The van der Waals surface area contributed by atoms with Crippen LogP contribution in [0.3, 0.4) is 0 Å². The predicted molar refractivity (Wildman–Crippen MR) is 39.9 cm³/mol. The summed E-state index contributed by atoms with van der Waals surface area (Å²) >= 11 is 5.58. The molecule has 0 aromatic carbocycles. The van der Waals surface area contributed by atoms with Crippen molar-refractivity contribution in [2.45, 2.75) is 13.5 Å². The largest absolute Gasteiger partial charge is 0.392 e. The summed E-state index contributed by atoms with van der Waals surface area (Å²) in [7, 11) is 0. The minimum absolute atomic E-state index is 0.0238. The molecular formula is C7H8ClNO. The first-order valence-corrected chi connectivity index (χ1v) is 3.33. The minimum atomic E-state index is 0.0238. The van der Waals surface area contributed by atoms with Gasteiger partial charge in [0.2, 0.25) is 0 Å². The molecule has 54 valence electrons. The van der Waals surface area contributed by atoms with Gasteiger partial charge in [-0.25, -0.2) is 4.98 Å². The van der Waals surface area contributed by atoms with Crippen LogP contribution in [0.15, 0.2) is 12.3 Å². The number of hydrogen-bond acceptors (Lipinski definition) is 2. The third-order valence-electron chi connectivity index (χ3n) is 1.36. The van der Waals surface area contributed by atoms with E-state index in [-0.39, 0.29) is 6.61 Å². The van der Waals surface area contributed by atoms with Crippen molar-refractivity contribution in [2.24, 2.45) is 0 Å². The Balaban J connectivity index is 3.07. The maximum Gasteiger partial charge on any atom is 0.129 e. The van der Waals surface area contributed by atoms with Gasteiger partial charge in [-0.05, 0) is 24.1 Å². The van der Waals surface area contributed by atoms with Crippen LogP contribution in [0.2, 0.25) is 5.15 Å². The summed E-state index contributed by atoms with van der Waals surface area (Å²) in [5.41, 5.74) is 1.80. The maximum atomic E-state index is 8.73. The van der Waals surface area contributed by atoms with E-state index in [9.17, 15) is 0 Å². The molecule has 1 aromatic rings. The Morgan fingerprint density at radius 2 is 2.40 bits per heavy atom. The highest BCUT2D eigenvalue weighted by atomic mass is 35.5. The van der Waals surface area contributed by atoms with Gasteiger partial charge in [0.05, 0.1) is 6.61 Å². The third kappa shape index (κ3) is 1.46. The van der Waals surface area contributed by atoms with Crippen LogP contribution >= 0.6 is 11.6 Å². The van der Waals surface area contributed by atoms with Crippen LogP contribution in [-0.4, -0.2) is 10.1 Å². The molecule has 1 N–H and O–H groups in total. The Kier molecular flexibility index (Phi) is 2.25. The number of hydrogen-bond donors (Lipinski definition) is 1. The van der Waals surface area contributed by atoms with Gasteiger partial charge in [0, 0.05) is 6.20 Å². The second-order valence-electron chi connectivity index (χ2n) is 2.09. The molecule has 0 saturated carbocycles. The zero-order valence-electron chi connectivity index (χ0n) is 5.63. The van der Waals surface area contributed by atoms with Crippen LogP contribution < -0.4 is 0 Å². The number of rotatable bonds is 1. The lowest BCUT2D eigenvalue weighted by atomic mass is 10.2. The number of aryl methyl sites for hydroxylation is 1. The summed E-state index contributed by atoms with van der Waals surface area (Å²) in [4.78, 5) is 3.82. The van der Waals surface area contributed by atoms with Crippen molar-refractivity contribution in [3.05, 3.63) is 28.5 Å². The van der Waals surface area contributed by atoms with Gasteiger partial charge < -0.3 is 5.11 Å². The molecule has 10 heavy (non-hydrogen) atoms. The average molecular weight is 158 g/mol. The molecule has 0 amide bonds. The predicted octanol–water partition coefficient (Wildman–Crippen LogP) is 1.54. The molecule has 0 aliphatic carbocycles. The Bertz CT molecular complexity index is 237. The van der Waals surface area contributed by atoms with Crippen molar-refractivity contribution in [1.29, 1.82) is 0 Å². The normalized spacial score (nSPS) is 9.90. The van der Waals surface area contributed by atoms with E-state index in [2.05, 4.69) is 4.98 Å². The molecule has 0 aliphatic heterocycles. The molecule has 0 spiro atoms. The number of pyridine rings is 1. The summed E-state index contributed by atoms with van der Waals surface area (Å²) in [5, 5.41) is 9.19. The van der Waals surface area contributed by atoms with Gasteiger partial charge in [0.15, 0.2) is 0 Å². The van der Waals surface area contributed by atoms with Crippen molar-refractivity contribution in [1.82, 2.24) is 4.98 Å². The monoisotopic (exact) mass is 157 g/mol. The fourth-order valence-corrected chi connectivity index (χ4v) is 0.928. The fraction of sp³-hybridized carbons (Fsp3) is 0.286. The number of aromatic nitrogens is 1. The van der Waals surface area contributed by atoms with E-state index in [4.69, 9.17) is 16.7 Å². The van der Waals surface area contributed by atoms with Crippen molar-refractivity contribution in [2.75, 3.05) is 0 Å². The van der Waals surface area contributed by atoms with Gasteiger partial charge in [-0.15, -0.1) is 0 Å². The quantitative estimate of drug-likeness (QED) is 0.628. The van der Waals surface area contributed by atoms with Crippen LogP contribution in [0.4, 0.5) is 0 Å². The average Bonchev–Trinajstić information content (AvgIpc) is 1.88. The molecule has 1 heterocycles.